The number of likely N-dealkylation sites (tertiary alicyclic amines) is 1. The molecular formula is C32H28FN5O3S. The highest BCUT2D eigenvalue weighted by molar-refractivity contribution is 8.18. The minimum absolute atomic E-state index is 0.0907. The number of aromatic nitrogens is 2. The molecular weight excluding hydrogens is 553 g/mol. The highest BCUT2D eigenvalue weighted by Crippen LogP contribution is 2.35. The highest BCUT2D eigenvalue weighted by Gasteiger charge is 2.31. The second-order valence-corrected chi connectivity index (χ2v) is 11.1. The molecule has 4 aromatic rings. The Bertz CT molecular complexity index is 1690. The van der Waals surface area contributed by atoms with Gasteiger partial charge in [0.15, 0.2) is 5.17 Å². The Balaban J connectivity index is 1.28. The van der Waals surface area contributed by atoms with Gasteiger partial charge in [-0.3, -0.25) is 9.59 Å². The molecule has 2 N–H and O–H groups in total. The Labute approximate surface area is 246 Å². The molecule has 212 valence electrons. The van der Waals surface area contributed by atoms with Crippen molar-refractivity contribution < 1.29 is 18.7 Å². The summed E-state index contributed by atoms with van der Waals surface area (Å²) in [6, 6.07) is 23.7. The summed E-state index contributed by atoms with van der Waals surface area (Å²) < 4.78 is 21.8. The van der Waals surface area contributed by atoms with Gasteiger partial charge in [-0.25, -0.2) is 9.07 Å². The van der Waals surface area contributed by atoms with E-state index in [0.29, 0.717) is 53.0 Å². The van der Waals surface area contributed by atoms with Crippen LogP contribution in [0.15, 0.2) is 95.0 Å². The van der Waals surface area contributed by atoms with Crippen LogP contribution < -0.4 is 10.5 Å². The maximum Gasteiger partial charge on any atom is 0.286 e. The zero-order valence-electron chi connectivity index (χ0n) is 22.7. The van der Waals surface area contributed by atoms with Crippen LogP contribution in [0.25, 0.3) is 23.0 Å². The highest BCUT2D eigenvalue weighted by atomic mass is 32.2. The van der Waals surface area contributed by atoms with Crippen molar-refractivity contribution in [3.05, 3.63) is 107 Å². The summed E-state index contributed by atoms with van der Waals surface area (Å²) in [5, 5.41) is 5.50. The van der Waals surface area contributed by atoms with Crippen molar-refractivity contribution in [2.75, 3.05) is 13.1 Å². The monoisotopic (exact) mass is 581 g/mol. The molecule has 0 spiro atoms. The lowest BCUT2D eigenvalue weighted by Gasteiger charge is -2.31. The number of amides is 2. The molecule has 42 heavy (non-hydrogen) atoms. The molecule has 1 saturated heterocycles. The summed E-state index contributed by atoms with van der Waals surface area (Å²) in [5.74, 6) is -0.483. The number of hydrogen-bond acceptors (Lipinski definition) is 6. The van der Waals surface area contributed by atoms with E-state index in [2.05, 4.69) is 4.99 Å². The minimum Gasteiger partial charge on any atom is -0.489 e. The first-order chi connectivity index (χ1) is 20.4. The third kappa shape index (κ3) is 5.99. The quantitative estimate of drug-likeness (QED) is 0.292. The van der Waals surface area contributed by atoms with E-state index in [1.165, 1.54) is 17.8 Å². The number of carbonyl (C=O) groups is 2. The molecule has 2 aliphatic heterocycles. The Morgan fingerprint density at radius 2 is 1.81 bits per heavy atom. The second-order valence-electron chi connectivity index (χ2n) is 10.1. The summed E-state index contributed by atoms with van der Waals surface area (Å²) in [7, 11) is 0. The number of piperidine rings is 1. The number of primary amides is 1. The van der Waals surface area contributed by atoms with E-state index >= 15 is 0 Å². The molecule has 1 aromatic heterocycles. The first kappa shape index (κ1) is 27.5. The van der Waals surface area contributed by atoms with E-state index in [1.54, 1.807) is 22.9 Å². The molecule has 0 radical (unpaired) electrons. The van der Waals surface area contributed by atoms with Gasteiger partial charge in [0.05, 0.1) is 10.6 Å². The number of nitrogens with two attached hydrogens (primary N) is 1. The number of para-hydroxylation sites is 1. The third-order valence-corrected chi connectivity index (χ3v) is 8.33. The van der Waals surface area contributed by atoms with Gasteiger partial charge in [-0.15, -0.1) is 0 Å². The van der Waals surface area contributed by atoms with Crippen molar-refractivity contribution in [3.8, 4) is 22.7 Å². The number of nitrogens with zero attached hydrogens (tertiary/aromatic N) is 4. The van der Waals surface area contributed by atoms with Gasteiger partial charge in [0.1, 0.15) is 23.9 Å². The zero-order valence-corrected chi connectivity index (χ0v) is 23.5. The molecule has 0 bridgehead atoms. The lowest BCUT2D eigenvalue weighted by molar-refractivity contribution is -0.123. The number of rotatable bonds is 7. The molecule has 0 atom stereocenters. The number of carbonyl (C=O) groups excluding carboxylic acids is 2. The van der Waals surface area contributed by atoms with Gasteiger partial charge in [-0.2, -0.15) is 10.1 Å². The number of aliphatic imine (C=N–C) groups is 1. The number of ether oxygens (including phenoxy) is 1. The standard InChI is InChI=1S/C32H28FN5O3S/c33-27-12-5-4-7-23(27)20-41-26-11-6-8-22(17-26)29-24(19-38(36-29)25-9-2-1-3-10-25)18-28-31(40)35-32(42-28)37-15-13-21(14-16-37)30(34)39/h1-12,17-19,21H,13-16,20H2,(H2,34,39)/b28-18-. The minimum atomic E-state index is -0.318. The fourth-order valence-electron chi connectivity index (χ4n) is 4.97. The van der Waals surface area contributed by atoms with Crippen molar-refractivity contribution in [1.82, 2.24) is 14.7 Å². The van der Waals surface area contributed by atoms with Crippen molar-refractivity contribution in [2.45, 2.75) is 19.4 Å². The number of amidine groups is 1. The molecule has 0 aliphatic carbocycles. The first-order valence-corrected chi connectivity index (χ1v) is 14.4. The normalized spacial score (nSPS) is 16.6. The molecule has 0 unspecified atom stereocenters. The van der Waals surface area contributed by atoms with Crippen LogP contribution in [0.2, 0.25) is 0 Å². The predicted molar refractivity (Wildman–Crippen MR) is 161 cm³/mol. The molecule has 2 amide bonds. The summed E-state index contributed by atoms with van der Waals surface area (Å²) >= 11 is 1.32. The summed E-state index contributed by atoms with van der Waals surface area (Å²) in [5.41, 5.74) is 8.99. The average molecular weight is 582 g/mol. The van der Waals surface area contributed by atoms with E-state index in [9.17, 15) is 14.0 Å². The van der Waals surface area contributed by atoms with Gasteiger partial charge in [0.2, 0.25) is 5.91 Å². The van der Waals surface area contributed by atoms with E-state index in [4.69, 9.17) is 15.6 Å². The van der Waals surface area contributed by atoms with Crippen LogP contribution in [-0.4, -0.2) is 44.8 Å². The molecule has 0 saturated carbocycles. The average Bonchev–Trinajstić information content (AvgIpc) is 3.61. The SMILES string of the molecule is NC(=O)C1CCN(C2=NC(=O)/C(=C/c3cn(-c4ccccc4)nc3-c3cccc(OCc4ccccc4F)c3)S2)CC1. The zero-order chi connectivity index (χ0) is 29.1. The number of thioether (sulfide) groups is 1. The van der Waals surface area contributed by atoms with Crippen LogP contribution in [0, 0.1) is 11.7 Å². The summed E-state index contributed by atoms with van der Waals surface area (Å²) in [6.45, 7) is 1.33. The Kier molecular flexibility index (Phi) is 7.87. The predicted octanol–water partition coefficient (Wildman–Crippen LogP) is 5.43. The Hall–Kier alpha value is -4.70. The number of hydrogen-bond donors (Lipinski definition) is 1. The number of halogens is 1. The molecule has 6 rings (SSSR count). The van der Waals surface area contributed by atoms with E-state index in [-0.39, 0.29) is 30.2 Å². The largest absolute Gasteiger partial charge is 0.489 e. The summed E-state index contributed by atoms with van der Waals surface area (Å²) in [6.07, 6.45) is 4.99. The van der Waals surface area contributed by atoms with Gasteiger partial charge >= 0.3 is 0 Å². The topological polar surface area (TPSA) is 103 Å². The molecule has 2 aliphatic rings. The fourth-order valence-corrected chi connectivity index (χ4v) is 5.93. The third-order valence-electron chi connectivity index (χ3n) is 7.29. The first-order valence-electron chi connectivity index (χ1n) is 13.6. The van der Waals surface area contributed by atoms with Gasteiger partial charge in [0.25, 0.3) is 5.91 Å². The molecule has 3 heterocycles. The van der Waals surface area contributed by atoms with Gasteiger partial charge < -0.3 is 15.4 Å². The van der Waals surface area contributed by atoms with Crippen LogP contribution in [-0.2, 0) is 16.2 Å². The second kappa shape index (κ2) is 12.0. The van der Waals surface area contributed by atoms with Crippen molar-refractivity contribution in [1.29, 1.82) is 0 Å². The van der Waals surface area contributed by atoms with Crippen LogP contribution in [0.4, 0.5) is 4.39 Å². The van der Waals surface area contributed by atoms with Crippen molar-refractivity contribution in [3.63, 3.8) is 0 Å². The maximum atomic E-state index is 14.1. The van der Waals surface area contributed by atoms with Gasteiger partial charge in [-0.1, -0.05) is 48.5 Å². The fraction of sp³-hybridized carbons (Fsp3) is 0.188. The van der Waals surface area contributed by atoms with Gasteiger partial charge in [0, 0.05) is 41.9 Å². The van der Waals surface area contributed by atoms with Crippen molar-refractivity contribution in [2.24, 2.45) is 16.6 Å². The molecule has 1 fully saturated rings. The summed E-state index contributed by atoms with van der Waals surface area (Å²) in [4.78, 5) is 31.4. The Morgan fingerprint density at radius 3 is 2.57 bits per heavy atom. The van der Waals surface area contributed by atoms with Crippen molar-refractivity contribution >= 4 is 34.8 Å². The molecule has 10 heteroatoms. The van der Waals surface area contributed by atoms with E-state index in [1.807, 2.05) is 71.8 Å². The van der Waals surface area contributed by atoms with E-state index < -0.39 is 0 Å². The lowest BCUT2D eigenvalue weighted by atomic mass is 9.97. The van der Waals surface area contributed by atoms with Crippen LogP contribution in [0.3, 0.4) is 0 Å². The smallest absolute Gasteiger partial charge is 0.286 e. The molecule has 8 nitrogen and oxygen atoms in total. The Morgan fingerprint density at radius 1 is 1.05 bits per heavy atom. The van der Waals surface area contributed by atoms with Crippen LogP contribution in [0.1, 0.15) is 24.0 Å². The van der Waals surface area contributed by atoms with E-state index in [0.717, 1.165) is 16.8 Å². The van der Waals surface area contributed by atoms with Gasteiger partial charge in [-0.05, 0) is 61.0 Å². The van der Waals surface area contributed by atoms with Crippen LogP contribution in [0.5, 0.6) is 5.75 Å². The number of benzene rings is 3. The maximum absolute atomic E-state index is 14.1. The van der Waals surface area contributed by atoms with Crippen LogP contribution >= 0.6 is 11.8 Å². The lowest BCUT2D eigenvalue weighted by Crippen LogP contribution is -2.40. The molecule has 3 aromatic carbocycles.